The monoisotopic (exact) mass is 166 g/mol. The zero-order chi connectivity index (χ0) is 6.91. The van der Waals surface area contributed by atoms with E-state index in [0.717, 1.165) is 12.3 Å². The van der Waals surface area contributed by atoms with Crippen molar-refractivity contribution in [3.8, 4) is 0 Å². The van der Waals surface area contributed by atoms with Gasteiger partial charge in [-0.25, -0.2) is 9.76 Å². The van der Waals surface area contributed by atoms with Crippen molar-refractivity contribution < 1.29 is 4.57 Å². The zero-order valence-corrected chi connectivity index (χ0v) is 7.34. The molecule has 9 heavy (non-hydrogen) atoms. The molecule has 0 bridgehead atoms. The van der Waals surface area contributed by atoms with Crippen LogP contribution in [-0.2, 0) is 4.57 Å². The van der Waals surface area contributed by atoms with Gasteiger partial charge in [0.2, 0.25) is 0 Å². The molecule has 0 amide bonds. The summed E-state index contributed by atoms with van der Waals surface area (Å²) in [4.78, 5) is 0. The Bertz CT molecular complexity index is 140. The second-order valence-electron chi connectivity index (χ2n) is 2.11. The van der Waals surface area contributed by atoms with Gasteiger partial charge in [0.1, 0.15) is 0 Å². The van der Waals surface area contributed by atoms with Crippen molar-refractivity contribution in [3.63, 3.8) is 0 Å². The van der Waals surface area contributed by atoms with Crippen molar-refractivity contribution in [2.24, 2.45) is 0 Å². The van der Waals surface area contributed by atoms with Crippen molar-refractivity contribution in [2.75, 3.05) is 26.4 Å². The van der Waals surface area contributed by atoms with Crippen LogP contribution in [0.15, 0.2) is 0 Å². The van der Waals surface area contributed by atoms with Crippen LogP contribution < -0.4 is 5.09 Å². The van der Waals surface area contributed by atoms with Gasteiger partial charge < -0.3 is 0 Å². The third-order valence-corrected chi connectivity index (χ3v) is 6.58. The fourth-order valence-corrected chi connectivity index (χ4v) is 4.51. The van der Waals surface area contributed by atoms with E-state index in [1.165, 1.54) is 11.4 Å². The van der Waals surface area contributed by atoms with Gasteiger partial charge in [0.15, 0.2) is 0 Å². The molecule has 54 valence electrons. The highest BCUT2D eigenvalue weighted by Gasteiger charge is 2.29. The molecule has 1 heterocycles. The Hall–Kier alpha value is 0.500. The highest BCUT2D eigenvalue weighted by Crippen LogP contribution is 2.59. The molecule has 0 saturated carbocycles. The molecule has 0 aromatic heterocycles. The van der Waals surface area contributed by atoms with E-state index in [-0.39, 0.29) is 0 Å². The average Bonchev–Trinajstić information content (AvgIpc) is 2.16. The lowest BCUT2D eigenvalue weighted by molar-refractivity contribution is 0.522. The predicted octanol–water partition coefficient (Wildman–Crippen LogP) is 0.992. The minimum Gasteiger partial charge on any atom is -0.277 e. The summed E-state index contributed by atoms with van der Waals surface area (Å²) >= 11 is 1.52. The number of nitrogens with zero attached hydrogens (tertiary/aromatic N) is 1. The first-order chi connectivity index (χ1) is 4.15. The Balaban J connectivity index is 2.62. The highest BCUT2D eigenvalue weighted by molar-refractivity contribution is 8.57. The molecule has 0 spiro atoms. The molecule has 3 nitrogen and oxygen atoms in total. The van der Waals surface area contributed by atoms with Crippen molar-refractivity contribution in [1.82, 2.24) is 9.76 Å². The molecule has 1 atom stereocenters. The van der Waals surface area contributed by atoms with Crippen LogP contribution in [0.1, 0.15) is 0 Å². The molecule has 0 aliphatic carbocycles. The van der Waals surface area contributed by atoms with E-state index >= 15 is 0 Å². The molecule has 0 aromatic carbocycles. The fourth-order valence-electron chi connectivity index (χ4n) is 0.659. The number of nitrogens with one attached hydrogen (secondary N) is 1. The summed E-state index contributed by atoms with van der Waals surface area (Å²) in [5, 5.41) is 2.98. The lowest BCUT2D eigenvalue weighted by atomic mass is 10.8. The molecule has 1 saturated heterocycles. The summed E-state index contributed by atoms with van der Waals surface area (Å²) in [6.45, 7) is -1.27. The number of hydrogen-bond acceptors (Lipinski definition) is 2. The Morgan fingerprint density at radius 3 is 2.56 bits per heavy atom. The van der Waals surface area contributed by atoms with Gasteiger partial charge in [0, 0.05) is 12.3 Å². The Kier molecular flexibility index (Phi) is 2.22. The van der Waals surface area contributed by atoms with Crippen LogP contribution in [0.5, 0.6) is 0 Å². The summed E-state index contributed by atoms with van der Waals surface area (Å²) in [6.07, 6.45) is 0. The lowest BCUT2D eigenvalue weighted by Gasteiger charge is -2.17. The SMILES string of the molecule is CN(C)P1(=O)NCCS1. The Morgan fingerprint density at radius 2 is 2.33 bits per heavy atom. The van der Waals surface area contributed by atoms with E-state index in [2.05, 4.69) is 5.09 Å². The first kappa shape index (κ1) is 7.61. The largest absolute Gasteiger partial charge is 0.277 e. The molecule has 0 radical (unpaired) electrons. The molecule has 1 unspecified atom stereocenters. The molecule has 1 N–H and O–H groups in total. The van der Waals surface area contributed by atoms with Crippen LogP contribution in [0, 0.1) is 0 Å². The van der Waals surface area contributed by atoms with Crippen LogP contribution in [0.4, 0.5) is 0 Å². The van der Waals surface area contributed by atoms with Gasteiger partial charge in [-0.15, -0.1) is 0 Å². The second kappa shape index (κ2) is 2.62. The first-order valence-corrected chi connectivity index (χ1v) is 6.08. The topological polar surface area (TPSA) is 32.3 Å². The molecule has 1 rings (SSSR count). The standard InChI is InChI=1S/C4H11N2OPS/c1-6(2)8(7)5-3-4-9-8/h3-4H2,1-2H3,(H,5,7). The van der Waals surface area contributed by atoms with E-state index in [1.54, 1.807) is 4.67 Å². The maximum Gasteiger partial charge on any atom is 0.268 e. The Labute approximate surface area is 59.4 Å². The van der Waals surface area contributed by atoms with E-state index < -0.39 is 6.65 Å². The summed E-state index contributed by atoms with van der Waals surface area (Å²) in [7, 11) is 3.68. The van der Waals surface area contributed by atoms with Crippen molar-refractivity contribution in [2.45, 2.75) is 0 Å². The fraction of sp³-hybridized carbons (Fsp3) is 1.00. The number of rotatable bonds is 1. The van der Waals surface area contributed by atoms with Gasteiger partial charge in [0.25, 0.3) is 6.65 Å². The minimum atomic E-state index is -2.14. The van der Waals surface area contributed by atoms with E-state index in [0.29, 0.717) is 0 Å². The van der Waals surface area contributed by atoms with Crippen LogP contribution in [0.3, 0.4) is 0 Å². The molecule has 5 heteroatoms. The van der Waals surface area contributed by atoms with Gasteiger partial charge in [-0.05, 0) is 14.1 Å². The predicted molar refractivity (Wildman–Crippen MR) is 41.8 cm³/mol. The van der Waals surface area contributed by atoms with E-state index in [1.807, 2.05) is 14.1 Å². The van der Waals surface area contributed by atoms with E-state index in [4.69, 9.17) is 0 Å². The summed E-state index contributed by atoms with van der Waals surface area (Å²) in [5.74, 6) is 0.968. The third kappa shape index (κ3) is 1.49. The second-order valence-corrected chi connectivity index (χ2v) is 7.19. The van der Waals surface area contributed by atoms with Crippen LogP contribution in [0.2, 0.25) is 0 Å². The maximum atomic E-state index is 11.5. The quantitative estimate of drug-likeness (QED) is 0.589. The molecule has 1 aliphatic rings. The summed E-state index contributed by atoms with van der Waals surface area (Å²) < 4.78 is 13.3. The van der Waals surface area contributed by atoms with Crippen molar-refractivity contribution >= 4 is 18.0 Å². The van der Waals surface area contributed by atoms with Crippen molar-refractivity contribution in [1.29, 1.82) is 0 Å². The smallest absolute Gasteiger partial charge is 0.268 e. The van der Waals surface area contributed by atoms with Gasteiger partial charge in [0.05, 0.1) is 0 Å². The van der Waals surface area contributed by atoms with E-state index in [9.17, 15) is 4.57 Å². The first-order valence-electron chi connectivity index (χ1n) is 2.83. The molecular weight excluding hydrogens is 155 g/mol. The summed E-state index contributed by atoms with van der Waals surface area (Å²) in [6, 6.07) is 0. The minimum absolute atomic E-state index is 0.875. The van der Waals surface area contributed by atoms with Gasteiger partial charge in [-0.2, -0.15) is 0 Å². The number of hydrogen-bond donors (Lipinski definition) is 1. The van der Waals surface area contributed by atoms with Crippen molar-refractivity contribution in [3.05, 3.63) is 0 Å². The highest BCUT2D eigenvalue weighted by atomic mass is 32.7. The average molecular weight is 166 g/mol. The molecule has 0 aromatic rings. The lowest BCUT2D eigenvalue weighted by Crippen LogP contribution is -2.14. The van der Waals surface area contributed by atoms with Crippen LogP contribution in [-0.4, -0.2) is 31.1 Å². The van der Waals surface area contributed by atoms with Crippen LogP contribution in [0.25, 0.3) is 0 Å². The third-order valence-electron chi connectivity index (χ3n) is 1.21. The normalized spacial score (nSPS) is 35.9. The molecular formula is C4H11N2OPS. The Morgan fingerprint density at radius 1 is 1.67 bits per heavy atom. The van der Waals surface area contributed by atoms with Gasteiger partial charge in [-0.3, -0.25) is 4.57 Å². The maximum absolute atomic E-state index is 11.5. The molecule has 1 aliphatic heterocycles. The summed E-state index contributed by atoms with van der Waals surface area (Å²) in [5.41, 5.74) is 0. The molecule has 1 fully saturated rings. The zero-order valence-electron chi connectivity index (χ0n) is 5.63. The van der Waals surface area contributed by atoms with Gasteiger partial charge >= 0.3 is 0 Å². The van der Waals surface area contributed by atoms with Gasteiger partial charge in [-0.1, -0.05) is 11.4 Å². The van der Waals surface area contributed by atoms with Crippen LogP contribution >= 0.6 is 18.0 Å².